The van der Waals surface area contributed by atoms with Crippen LogP contribution in [0.15, 0.2) is 17.0 Å². The van der Waals surface area contributed by atoms with Gasteiger partial charge in [0.2, 0.25) is 0 Å². The van der Waals surface area contributed by atoms with Gasteiger partial charge in [0.1, 0.15) is 5.82 Å². The van der Waals surface area contributed by atoms with Crippen LogP contribution in [0.2, 0.25) is 5.02 Å². The van der Waals surface area contributed by atoms with E-state index in [1.165, 1.54) is 23.9 Å². The molecule has 1 rings (SSSR count). The van der Waals surface area contributed by atoms with E-state index >= 15 is 0 Å². The molecule has 1 aromatic carbocycles. The first kappa shape index (κ1) is 10.7. The summed E-state index contributed by atoms with van der Waals surface area (Å²) in [6.45, 7) is 4.05. The molecule has 4 heteroatoms. The van der Waals surface area contributed by atoms with Gasteiger partial charge in [-0.05, 0) is 12.1 Å². The van der Waals surface area contributed by atoms with Crippen molar-refractivity contribution in [3.05, 3.63) is 23.0 Å². The summed E-state index contributed by atoms with van der Waals surface area (Å²) in [6.07, 6.45) is 0. The van der Waals surface area contributed by atoms with Crippen molar-refractivity contribution in [2.75, 3.05) is 5.73 Å². The first-order valence-corrected chi connectivity index (χ1v) is 5.17. The molecule has 0 heterocycles. The van der Waals surface area contributed by atoms with Crippen LogP contribution in [0, 0.1) is 5.82 Å². The van der Waals surface area contributed by atoms with Gasteiger partial charge in [-0.15, -0.1) is 11.8 Å². The highest BCUT2D eigenvalue weighted by Gasteiger charge is 2.07. The molecule has 0 unspecified atom stereocenters. The molecule has 0 fully saturated rings. The maximum absolute atomic E-state index is 13.0. The number of halogens is 2. The van der Waals surface area contributed by atoms with Crippen molar-refractivity contribution in [2.24, 2.45) is 0 Å². The summed E-state index contributed by atoms with van der Waals surface area (Å²) in [5.74, 6) is -0.418. The third kappa shape index (κ3) is 2.78. The van der Waals surface area contributed by atoms with Gasteiger partial charge in [-0.25, -0.2) is 4.39 Å². The number of thioether (sulfide) groups is 1. The van der Waals surface area contributed by atoms with Crippen LogP contribution in [0.1, 0.15) is 13.8 Å². The Labute approximate surface area is 86.5 Å². The fourth-order valence-corrected chi connectivity index (χ4v) is 1.95. The van der Waals surface area contributed by atoms with Crippen molar-refractivity contribution >= 4 is 29.1 Å². The summed E-state index contributed by atoms with van der Waals surface area (Å²) in [4.78, 5) is 0.747. The van der Waals surface area contributed by atoms with Crippen molar-refractivity contribution < 1.29 is 4.39 Å². The van der Waals surface area contributed by atoms with Gasteiger partial charge in [-0.3, -0.25) is 0 Å². The number of nitrogen functional groups attached to an aromatic ring is 1. The average molecular weight is 220 g/mol. The minimum Gasteiger partial charge on any atom is -0.398 e. The van der Waals surface area contributed by atoms with E-state index in [0.717, 1.165) is 4.90 Å². The Bertz CT molecular complexity index is 315. The van der Waals surface area contributed by atoms with Crippen LogP contribution in [0.4, 0.5) is 10.1 Å². The maximum Gasteiger partial charge on any atom is 0.143 e. The first-order valence-electron chi connectivity index (χ1n) is 3.92. The topological polar surface area (TPSA) is 26.0 Å². The molecule has 0 aliphatic heterocycles. The lowest BCUT2D eigenvalue weighted by molar-refractivity contribution is 0.625. The maximum atomic E-state index is 13.0. The minimum atomic E-state index is -0.418. The number of anilines is 1. The number of hydrogen-bond donors (Lipinski definition) is 1. The number of hydrogen-bond acceptors (Lipinski definition) is 2. The van der Waals surface area contributed by atoms with E-state index in [1.807, 2.05) is 13.8 Å². The molecular formula is C9H11ClFNS. The molecule has 1 aromatic rings. The smallest absolute Gasteiger partial charge is 0.143 e. The lowest BCUT2D eigenvalue weighted by atomic mass is 10.3. The van der Waals surface area contributed by atoms with Crippen molar-refractivity contribution in [1.29, 1.82) is 0 Å². The molecule has 1 nitrogen and oxygen atoms in total. The van der Waals surface area contributed by atoms with Crippen LogP contribution >= 0.6 is 23.4 Å². The summed E-state index contributed by atoms with van der Waals surface area (Å²) in [5, 5.41) is 0.452. The van der Waals surface area contributed by atoms with Crippen LogP contribution in [0.3, 0.4) is 0 Å². The molecule has 2 N–H and O–H groups in total. The van der Waals surface area contributed by atoms with Gasteiger partial charge in [0.05, 0.1) is 5.02 Å². The highest BCUT2D eigenvalue weighted by Crippen LogP contribution is 2.32. The molecule has 0 bridgehead atoms. The second kappa shape index (κ2) is 4.20. The molecule has 0 spiro atoms. The largest absolute Gasteiger partial charge is 0.398 e. The van der Waals surface area contributed by atoms with Crippen molar-refractivity contribution in [3.63, 3.8) is 0 Å². The van der Waals surface area contributed by atoms with E-state index in [9.17, 15) is 4.39 Å². The Morgan fingerprint density at radius 2 is 2.08 bits per heavy atom. The SMILES string of the molecule is CC(C)Sc1cc(F)c(Cl)cc1N. The summed E-state index contributed by atoms with van der Waals surface area (Å²) < 4.78 is 13.0. The summed E-state index contributed by atoms with van der Waals surface area (Å²) >= 11 is 7.08. The third-order valence-corrected chi connectivity index (χ3v) is 2.78. The van der Waals surface area contributed by atoms with Crippen LogP contribution in [0.5, 0.6) is 0 Å². The molecule has 0 saturated carbocycles. The molecule has 0 saturated heterocycles. The standard InChI is InChI=1S/C9H11ClFNS/c1-5(2)13-9-4-7(11)6(10)3-8(9)12/h3-5H,12H2,1-2H3. The molecule has 0 aliphatic carbocycles. The normalized spacial score (nSPS) is 10.8. The van der Waals surface area contributed by atoms with Gasteiger partial charge < -0.3 is 5.73 Å². The molecule has 0 aromatic heterocycles. The van der Waals surface area contributed by atoms with Crippen LogP contribution in [0.25, 0.3) is 0 Å². The third-order valence-electron chi connectivity index (χ3n) is 1.42. The zero-order valence-corrected chi connectivity index (χ0v) is 9.05. The lowest BCUT2D eigenvalue weighted by Crippen LogP contribution is -1.94. The van der Waals surface area contributed by atoms with E-state index in [-0.39, 0.29) is 5.02 Å². The summed E-state index contributed by atoms with van der Waals surface area (Å²) in [5.41, 5.74) is 6.20. The average Bonchev–Trinajstić information content (AvgIpc) is 1.99. The van der Waals surface area contributed by atoms with Crippen molar-refractivity contribution in [1.82, 2.24) is 0 Å². The van der Waals surface area contributed by atoms with Gasteiger partial charge >= 0.3 is 0 Å². The fraction of sp³-hybridized carbons (Fsp3) is 0.333. The molecule has 0 amide bonds. The van der Waals surface area contributed by atoms with Crippen LogP contribution in [-0.4, -0.2) is 5.25 Å². The van der Waals surface area contributed by atoms with Crippen LogP contribution in [-0.2, 0) is 0 Å². The second-order valence-corrected chi connectivity index (χ2v) is 5.00. The Balaban J connectivity index is 3.01. The van der Waals surface area contributed by atoms with E-state index in [0.29, 0.717) is 10.9 Å². The Morgan fingerprint density at radius 1 is 1.46 bits per heavy atom. The minimum absolute atomic E-state index is 0.0746. The summed E-state index contributed by atoms with van der Waals surface area (Å²) in [7, 11) is 0. The second-order valence-electron chi connectivity index (χ2n) is 2.97. The highest BCUT2D eigenvalue weighted by atomic mass is 35.5. The number of nitrogens with two attached hydrogens (primary N) is 1. The number of rotatable bonds is 2. The van der Waals surface area contributed by atoms with Gasteiger partial charge in [0.25, 0.3) is 0 Å². The highest BCUT2D eigenvalue weighted by molar-refractivity contribution is 8.00. The molecule has 0 aliphatic rings. The number of benzene rings is 1. The Hall–Kier alpha value is -0.410. The molecule has 0 radical (unpaired) electrons. The predicted octanol–water partition coefficient (Wildman–Crippen LogP) is 3.56. The van der Waals surface area contributed by atoms with E-state index < -0.39 is 5.82 Å². The van der Waals surface area contributed by atoms with Gasteiger partial charge in [-0.1, -0.05) is 25.4 Å². The predicted molar refractivity (Wildman–Crippen MR) is 56.8 cm³/mol. The Kier molecular flexibility index (Phi) is 3.45. The lowest BCUT2D eigenvalue weighted by Gasteiger charge is -2.08. The first-order chi connectivity index (χ1) is 6.00. The quantitative estimate of drug-likeness (QED) is 0.608. The monoisotopic (exact) mass is 219 g/mol. The van der Waals surface area contributed by atoms with E-state index in [2.05, 4.69) is 0 Å². The molecule has 13 heavy (non-hydrogen) atoms. The van der Waals surface area contributed by atoms with Crippen molar-refractivity contribution in [3.8, 4) is 0 Å². The zero-order chi connectivity index (χ0) is 10.0. The van der Waals surface area contributed by atoms with E-state index in [4.69, 9.17) is 17.3 Å². The fourth-order valence-electron chi connectivity index (χ4n) is 0.900. The van der Waals surface area contributed by atoms with E-state index in [1.54, 1.807) is 0 Å². The molecular weight excluding hydrogens is 209 g/mol. The Morgan fingerprint density at radius 3 is 2.62 bits per heavy atom. The van der Waals surface area contributed by atoms with Gasteiger partial charge in [-0.2, -0.15) is 0 Å². The zero-order valence-electron chi connectivity index (χ0n) is 7.47. The molecule has 72 valence electrons. The van der Waals surface area contributed by atoms with Gasteiger partial charge in [0, 0.05) is 15.8 Å². The van der Waals surface area contributed by atoms with Crippen molar-refractivity contribution in [2.45, 2.75) is 24.0 Å². The molecule has 0 atom stereocenters. The summed E-state index contributed by atoms with van der Waals surface area (Å²) in [6, 6.07) is 2.82. The van der Waals surface area contributed by atoms with Gasteiger partial charge in [0.15, 0.2) is 0 Å². The van der Waals surface area contributed by atoms with Crippen LogP contribution < -0.4 is 5.73 Å².